The minimum Gasteiger partial charge on any atom is -0.494 e. The second-order valence-electron chi connectivity index (χ2n) is 12.4. The number of aromatic nitrogens is 5. The van der Waals surface area contributed by atoms with E-state index < -0.39 is 0 Å². The quantitative estimate of drug-likeness (QED) is 0.298. The summed E-state index contributed by atoms with van der Waals surface area (Å²) in [7, 11) is 3.63. The van der Waals surface area contributed by atoms with Gasteiger partial charge in [0.05, 0.1) is 36.3 Å². The predicted molar refractivity (Wildman–Crippen MR) is 163 cm³/mol. The minimum atomic E-state index is -0.0455. The third kappa shape index (κ3) is 4.23. The average molecular weight is 578 g/mol. The van der Waals surface area contributed by atoms with Gasteiger partial charge in [-0.25, -0.2) is 9.97 Å². The Bertz CT molecular complexity index is 1910. The van der Waals surface area contributed by atoms with Gasteiger partial charge in [-0.2, -0.15) is 0 Å². The Morgan fingerprint density at radius 1 is 1.07 bits per heavy atom. The molecule has 8 rings (SSSR count). The van der Waals surface area contributed by atoms with Gasteiger partial charge in [-0.05, 0) is 85.5 Å². The zero-order chi connectivity index (χ0) is 29.4. The van der Waals surface area contributed by atoms with E-state index in [4.69, 9.17) is 20.4 Å². The molecule has 3 fully saturated rings. The Balaban J connectivity index is 1.24. The molecule has 3 atom stereocenters. The van der Waals surface area contributed by atoms with E-state index in [9.17, 15) is 9.90 Å². The number of aryl methyl sites for hydroxylation is 1. The van der Waals surface area contributed by atoms with E-state index in [1.807, 2.05) is 36.2 Å². The van der Waals surface area contributed by atoms with Crippen LogP contribution >= 0.6 is 0 Å². The number of amides is 1. The first-order valence-electron chi connectivity index (χ1n) is 15.1. The molecule has 3 N–H and O–H groups in total. The molecule has 3 unspecified atom stereocenters. The molecule has 1 aliphatic heterocycles. The van der Waals surface area contributed by atoms with E-state index in [2.05, 4.69) is 26.3 Å². The number of methoxy groups -OCH3 is 1. The highest BCUT2D eigenvalue weighted by molar-refractivity contribution is 6.00. The minimum absolute atomic E-state index is 0.00601. The fourth-order valence-corrected chi connectivity index (χ4v) is 7.18. The molecule has 1 saturated heterocycles. The number of piperidine rings is 1. The first-order valence-corrected chi connectivity index (χ1v) is 15.1. The van der Waals surface area contributed by atoms with Crippen LogP contribution in [0.4, 0.5) is 0 Å². The molecule has 1 amide bonds. The van der Waals surface area contributed by atoms with Gasteiger partial charge in [0.2, 0.25) is 0 Å². The third-order valence-electron chi connectivity index (χ3n) is 9.70. The molecule has 43 heavy (non-hydrogen) atoms. The number of nitrogens with two attached hydrogens (primary N) is 1. The summed E-state index contributed by atoms with van der Waals surface area (Å²) in [6.07, 6.45) is 6.16. The lowest BCUT2D eigenvalue weighted by atomic mass is 10.1. The Labute approximate surface area is 249 Å². The molecule has 0 radical (unpaired) electrons. The van der Waals surface area contributed by atoms with E-state index in [0.717, 1.165) is 69.9 Å². The van der Waals surface area contributed by atoms with Crippen molar-refractivity contribution in [1.82, 2.24) is 29.0 Å². The highest BCUT2D eigenvalue weighted by atomic mass is 16.5. The zero-order valence-corrected chi connectivity index (χ0v) is 24.4. The summed E-state index contributed by atoms with van der Waals surface area (Å²) in [5.74, 6) is 2.40. The molecule has 2 saturated carbocycles. The number of hydrogen-bond donors (Lipinski definition) is 2. The van der Waals surface area contributed by atoms with Crippen LogP contribution in [0.5, 0.6) is 5.75 Å². The lowest BCUT2D eigenvalue weighted by molar-refractivity contribution is 0.0700. The fourth-order valence-electron chi connectivity index (χ4n) is 7.18. The number of pyridine rings is 2. The lowest BCUT2D eigenvalue weighted by Gasteiger charge is -2.27. The maximum absolute atomic E-state index is 13.7. The van der Waals surface area contributed by atoms with Crippen LogP contribution in [0.3, 0.4) is 0 Å². The standard InChI is InChI=1S/C33H35N7O3/c1-38-30-25(12-22(14-28(30)43-2)33(42)40-16-21-6-8-26(40)29(21)34)37-32(38)27-13-20-5-7-23(24-11-19(17-41)9-10-35-24)36-31(20)39(27)15-18-3-4-18/h5,7,9-14,18,21,26,29,41H,3-4,6,8,15-17,34H2,1-2H3. The van der Waals surface area contributed by atoms with E-state index in [0.29, 0.717) is 29.7 Å². The van der Waals surface area contributed by atoms with Crippen molar-refractivity contribution in [3.05, 3.63) is 59.8 Å². The maximum Gasteiger partial charge on any atom is 0.254 e. The number of benzene rings is 1. The van der Waals surface area contributed by atoms with Crippen LogP contribution in [0.25, 0.3) is 45.0 Å². The van der Waals surface area contributed by atoms with Gasteiger partial charge in [-0.1, -0.05) is 0 Å². The number of imidazole rings is 1. The molecule has 2 aliphatic carbocycles. The predicted octanol–water partition coefficient (Wildman–Crippen LogP) is 4.12. The second kappa shape index (κ2) is 9.89. The van der Waals surface area contributed by atoms with Crippen molar-refractivity contribution in [3.8, 4) is 28.7 Å². The number of carbonyl (C=O) groups is 1. The van der Waals surface area contributed by atoms with Gasteiger partial charge in [-0.15, -0.1) is 0 Å². The molecule has 5 heterocycles. The van der Waals surface area contributed by atoms with Crippen LogP contribution in [-0.4, -0.2) is 65.7 Å². The SMILES string of the molecule is COc1cc(C(=O)N2CC3CCC2C3N)cc2nc(-c3cc4ccc(-c5cc(CO)ccn5)nc4n3CC3CC3)n(C)c12. The van der Waals surface area contributed by atoms with Crippen molar-refractivity contribution < 1.29 is 14.6 Å². The van der Waals surface area contributed by atoms with Crippen LogP contribution in [0.15, 0.2) is 48.7 Å². The van der Waals surface area contributed by atoms with Crippen molar-refractivity contribution in [1.29, 1.82) is 0 Å². The number of ether oxygens (including phenoxy) is 1. The molecule has 1 aromatic carbocycles. The Morgan fingerprint density at radius 3 is 2.65 bits per heavy atom. The number of aliphatic hydroxyl groups is 1. The van der Waals surface area contributed by atoms with Crippen molar-refractivity contribution in [2.24, 2.45) is 24.6 Å². The molecule has 3 aliphatic rings. The number of hydrogen-bond acceptors (Lipinski definition) is 7. The zero-order valence-electron chi connectivity index (χ0n) is 24.4. The molecule has 10 heteroatoms. The van der Waals surface area contributed by atoms with E-state index in [-0.39, 0.29) is 24.6 Å². The van der Waals surface area contributed by atoms with Crippen molar-refractivity contribution in [3.63, 3.8) is 0 Å². The number of aliphatic hydroxyl groups excluding tert-OH is 1. The molecular weight excluding hydrogens is 542 g/mol. The van der Waals surface area contributed by atoms with Gasteiger partial charge in [0, 0.05) is 49.4 Å². The number of carbonyl (C=O) groups excluding carboxylic acids is 1. The largest absolute Gasteiger partial charge is 0.494 e. The molecule has 5 aromatic rings. The first-order chi connectivity index (χ1) is 20.9. The van der Waals surface area contributed by atoms with Gasteiger partial charge in [0.25, 0.3) is 5.91 Å². The normalized spacial score (nSPS) is 21.4. The summed E-state index contributed by atoms with van der Waals surface area (Å²) in [6, 6.07) is 13.8. The lowest BCUT2D eigenvalue weighted by Crippen LogP contribution is -2.41. The highest BCUT2D eigenvalue weighted by Crippen LogP contribution is 2.40. The van der Waals surface area contributed by atoms with Gasteiger partial charge < -0.3 is 29.6 Å². The molecule has 4 aromatic heterocycles. The topological polar surface area (TPSA) is 124 Å². The molecular formula is C33H35N7O3. The van der Waals surface area contributed by atoms with E-state index in [1.165, 1.54) is 12.8 Å². The average Bonchev–Trinajstić information content (AvgIpc) is 3.44. The number of nitrogens with zero attached hydrogens (tertiary/aromatic N) is 6. The molecule has 2 bridgehead atoms. The van der Waals surface area contributed by atoms with Crippen LogP contribution in [0.1, 0.15) is 41.6 Å². The molecule has 0 spiro atoms. The molecule has 220 valence electrons. The van der Waals surface area contributed by atoms with Gasteiger partial charge in [0.1, 0.15) is 16.9 Å². The van der Waals surface area contributed by atoms with E-state index >= 15 is 0 Å². The van der Waals surface area contributed by atoms with Gasteiger partial charge >= 0.3 is 0 Å². The summed E-state index contributed by atoms with van der Waals surface area (Å²) in [6.45, 7) is 1.52. The summed E-state index contributed by atoms with van der Waals surface area (Å²) < 4.78 is 10.2. The first kappa shape index (κ1) is 26.4. The van der Waals surface area contributed by atoms with Crippen LogP contribution in [0, 0.1) is 11.8 Å². The summed E-state index contributed by atoms with van der Waals surface area (Å²) >= 11 is 0. The smallest absolute Gasteiger partial charge is 0.254 e. The second-order valence-corrected chi connectivity index (χ2v) is 12.4. The Morgan fingerprint density at radius 2 is 1.93 bits per heavy atom. The summed E-state index contributed by atoms with van der Waals surface area (Å²) in [4.78, 5) is 30.3. The van der Waals surface area contributed by atoms with Crippen LogP contribution in [-0.2, 0) is 20.2 Å². The van der Waals surface area contributed by atoms with Crippen molar-refractivity contribution >= 4 is 28.0 Å². The Kier molecular flexibility index (Phi) is 6.06. The number of rotatable bonds is 7. The fraction of sp³-hybridized carbons (Fsp3) is 0.394. The Hall–Kier alpha value is -4.28. The summed E-state index contributed by atoms with van der Waals surface area (Å²) in [5, 5.41) is 10.6. The van der Waals surface area contributed by atoms with E-state index in [1.54, 1.807) is 19.4 Å². The van der Waals surface area contributed by atoms with Gasteiger partial charge in [0.15, 0.2) is 5.82 Å². The van der Waals surface area contributed by atoms with Gasteiger partial charge in [-0.3, -0.25) is 9.78 Å². The number of fused-ring (bicyclic) bond motifs is 4. The number of likely N-dealkylation sites (tertiary alicyclic amines) is 1. The van der Waals surface area contributed by atoms with Crippen LogP contribution < -0.4 is 10.5 Å². The van der Waals surface area contributed by atoms with Crippen LogP contribution in [0.2, 0.25) is 0 Å². The summed E-state index contributed by atoms with van der Waals surface area (Å²) in [5.41, 5.74) is 12.7. The molecule has 10 nitrogen and oxygen atoms in total. The van der Waals surface area contributed by atoms with Crippen molar-refractivity contribution in [2.45, 2.75) is 50.9 Å². The third-order valence-corrected chi connectivity index (χ3v) is 9.70. The monoisotopic (exact) mass is 577 g/mol. The maximum atomic E-state index is 13.7. The van der Waals surface area contributed by atoms with Crippen molar-refractivity contribution in [2.75, 3.05) is 13.7 Å². The highest BCUT2D eigenvalue weighted by Gasteiger charge is 2.47.